The van der Waals surface area contributed by atoms with E-state index in [0.717, 1.165) is 49.2 Å². The monoisotopic (exact) mass is 419 g/mol. The van der Waals surface area contributed by atoms with Crippen molar-refractivity contribution in [2.45, 2.75) is 63.1 Å². The molecule has 0 aromatic heterocycles. The first-order valence-corrected chi connectivity index (χ1v) is 11.0. The molecule has 3 fully saturated rings. The van der Waals surface area contributed by atoms with Gasteiger partial charge in [-0.2, -0.15) is 0 Å². The van der Waals surface area contributed by atoms with E-state index in [1.807, 2.05) is 31.0 Å². The Hall–Kier alpha value is -1.79. The van der Waals surface area contributed by atoms with E-state index in [-0.39, 0.29) is 30.1 Å². The summed E-state index contributed by atoms with van der Waals surface area (Å²) in [4.78, 5) is 29.1. The molecule has 7 heteroatoms. The van der Waals surface area contributed by atoms with Crippen molar-refractivity contribution in [2.24, 2.45) is 0 Å². The Balaban J connectivity index is 1.30. The van der Waals surface area contributed by atoms with Crippen LogP contribution in [0.1, 0.15) is 49.1 Å². The molecule has 2 aliphatic heterocycles. The van der Waals surface area contributed by atoms with Crippen molar-refractivity contribution in [1.82, 2.24) is 15.1 Å². The predicted molar refractivity (Wildman–Crippen MR) is 112 cm³/mol. The first-order chi connectivity index (χ1) is 13.9. The number of amides is 3. The van der Waals surface area contributed by atoms with Gasteiger partial charge in [0.05, 0.1) is 6.04 Å². The SMILES string of the molecule is Cc1cc([C@H]2C[C@@H]2NC(=O)N(C)[C@@H]2CCCN(C(=O)[C@@H]3CCCO3)C2)ccc1Cl. The highest BCUT2D eigenvalue weighted by molar-refractivity contribution is 6.31. The van der Waals surface area contributed by atoms with Crippen LogP contribution in [0.4, 0.5) is 4.79 Å². The Morgan fingerprint density at radius 3 is 2.83 bits per heavy atom. The van der Waals surface area contributed by atoms with Gasteiger partial charge in [-0.15, -0.1) is 0 Å². The fourth-order valence-electron chi connectivity index (χ4n) is 4.49. The Morgan fingerprint density at radius 1 is 1.28 bits per heavy atom. The lowest BCUT2D eigenvalue weighted by molar-refractivity contribution is -0.142. The average Bonchev–Trinajstić information content (AvgIpc) is 3.26. The number of carbonyl (C=O) groups is 2. The van der Waals surface area contributed by atoms with Gasteiger partial charge in [0.2, 0.25) is 0 Å². The Labute approximate surface area is 177 Å². The van der Waals surface area contributed by atoms with E-state index in [2.05, 4.69) is 11.4 Å². The number of halogens is 1. The van der Waals surface area contributed by atoms with Crippen LogP contribution in [0.5, 0.6) is 0 Å². The fourth-order valence-corrected chi connectivity index (χ4v) is 4.61. The van der Waals surface area contributed by atoms with E-state index in [0.29, 0.717) is 19.1 Å². The lowest BCUT2D eigenvalue weighted by atomic mass is 10.0. The second kappa shape index (κ2) is 8.52. The normalized spacial score (nSPS) is 28.9. The first-order valence-electron chi connectivity index (χ1n) is 10.6. The topological polar surface area (TPSA) is 61.9 Å². The van der Waals surface area contributed by atoms with E-state index in [4.69, 9.17) is 16.3 Å². The maximum absolute atomic E-state index is 12.8. The van der Waals surface area contributed by atoms with Crippen LogP contribution in [0.25, 0.3) is 0 Å². The summed E-state index contributed by atoms with van der Waals surface area (Å²) >= 11 is 6.12. The number of likely N-dealkylation sites (N-methyl/N-ethyl adjacent to an activating group) is 1. The molecule has 0 radical (unpaired) electrons. The molecule has 3 amide bonds. The number of aryl methyl sites for hydroxylation is 1. The first kappa shape index (κ1) is 20.5. The number of nitrogens with one attached hydrogen (secondary N) is 1. The van der Waals surface area contributed by atoms with Gasteiger partial charge in [0.15, 0.2) is 0 Å². The molecule has 1 saturated carbocycles. The van der Waals surface area contributed by atoms with Crippen LogP contribution in [0.15, 0.2) is 18.2 Å². The van der Waals surface area contributed by atoms with Crippen molar-refractivity contribution in [3.8, 4) is 0 Å². The highest BCUT2D eigenvalue weighted by Gasteiger charge is 2.41. The van der Waals surface area contributed by atoms with Crippen LogP contribution in [-0.2, 0) is 9.53 Å². The third-order valence-corrected chi connectivity index (χ3v) is 6.91. The molecule has 1 aromatic carbocycles. The van der Waals surface area contributed by atoms with Crippen LogP contribution in [-0.4, -0.2) is 66.7 Å². The van der Waals surface area contributed by atoms with Crippen molar-refractivity contribution in [1.29, 1.82) is 0 Å². The van der Waals surface area contributed by atoms with Gasteiger partial charge in [-0.25, -0.2) is 4.79 Å². The summed E-state index contributed by atoms with van der Waals surface area (Å²) in [5.41, 5.74) is 2.29. The lowest BCUT2D eigenvalue weighted by Crippen LogP contribution is -2.54. The molecule has 1 aromatic rings. The van der Waals surface area contributed by atoms with Crippen LogP contribution >= 0.6 is 11.6 Å². The number of hydrogen-bond acceptors (Lipinski definition) is 3. The van der Waals surface area contributed by atoms with E-state index in [9.17, 15) is 9.59 Å². The number of carbonyl (C=O) groups excluding carboxylic acids is 2. The Morgan fingerprint density at radius 2 is 2.10 bits per heavy atom. The van der Waals surface area contributed by atoms with Gasteiger partial charge in [-0.3, -0.25) is 4.79 Å². The summed E-state index contributed by atoms with van der Waals surface area (Å²) in [5, 5.41) is 3.93. The third kappa shape index (κ3) is 4.53. The summed E-state index contributed by atoms with van der Waals surface area (Å²) in [6.45, 7) is 4.02. The molecule has 4 atom stereocenters. The summed E-state index contributed by atoms with van der Waals surface area (Å²) in [6, 6.07) is 6.24. The molecule has 4 rings (SSSR count). The molecular formula is C22H30ClN3O3. The minimum absolute atomic E-state index is 0.0454. The van der Waals surface area contributed by atoms with Gasteiger partial charge >= 0.3 is 6.03 Å². The number of rotatable bonds is 4. The Kier molecular flexibility index (Phi) is 6.02. The number of piperidine rings is 1. The van der Waals surface area contributed by atoms with Gasteiger partial charge in [-0.05, 0) is 56.2 Å². The summed E-state index contributed by atoms with van der Waals surface area (Å²) in [6.07, 6.45) is 4.26. The maximum atomic E-state index is 12.8. The van der Waals surface area contributed by atoms with Gasteiger partial charge in [0.1, 0.15) is 6.10 Å². The minimum Gasteiger partial charge on any atom is -0.368 e. The second-order valence-corrected chi connectivity index (χ2v) is 9.01. The number of ether oxygens (including phenoxy) is 1. The molecule has 0 unspecified atom stereocenters. The van der Waals surface area contributed by atoms with Crippen molar-refractivity contribution in [2.75, 3.05) is 26.7 Å². The average molecular weight is 420 g/mol. The van der Waals surface area contributed by atoms with E-state index < -0.39 is 0 Å². The summed E-state index contributed by atoms with van der Waals surface area (Å²) in [7, 11) is 1.84. The van der Waals surface area contributed by atoms with E-state index in [1.165, 1.54) is 5.56 Å². The zero-order chi connectivity index (χ0) is 20.5. The third-order valence-electron chi connectivity index (χ3n) is 6.49. The minimum atomic E-state index is -0.289. The molecule has 0 spiro atoms. The van der Waals surface area contributed by atoms with E-state index in [1.54, 1.807) is 4.90 Å². The van der Waals surface area contributed by atoms with Crippen molar-refractivity contribution >= 4 is 23.5 Å². The molecular weight excluding hydrogens is 390 g/mol. The molecule has 1 N–H and O–H groups in total. The van der Waals surface area contributed by atoms with Crippen molar-refractivity contribution < 1.29 is 14.3 Å². The standard InChI is InChI=1S/C22H30ClN3O3/c1-14-11-15(7-8-18(14)23)17-12-19(17)24-22(28)25(2)16-5-3-9-26(13-16)21(27)20-6-4-10-29-20/h7-8,11,16-17,19-20H,3-6,9-10,12-13H2,1-2H3,(H,24,28)/t16-,17-,19+,20+/m1/s1. The zero-order valence-corrected chi connectivity index (χ0v) is 18.0. The van der Waals surface area contributed by atoms with Crippen LogP contribution in [0.3, 0.4) is 0 Å². The predicted octanol–water partition coefficient (Wildman–Crippen LogP) is 3.32. The number of urea groups is 1. The molecule has 2 heterocycles. The molecule has 0 bridgehead atoms. The smallest absolute Gasteiger partial charge is 0.317 e. The van der Waals surface area contributed by atoms with Crippen LogP contribution < -0.4 is 5.32 Å². The highest BCUT2D eigenvalue weighted by Crippen LogP contribution is 2.41. The number of hydrogen-bond donors (Lipinski definition) is 1. The molecule has 29 heavy (non-hydrogen) atoms. The molecule has 3 aliphatic rings. The highest BCUT2D eigenvalue weighted by atomic mass is 35.5. The number of likely N-dealkylation sites (tertiary alicyclic amines) is 1. The molecule has 6 nitrogen and oxygen atoms in total. The molecule has 2 saturated heterocycles. The molecule has 1 aliphatic carbocycles. The van der Waals surface area contributed by atoms with Crippen molar-refractivity contribution in [3.05, 3.63) is 34.3 Å². The van der Waals surface area contributed by atoms with Crippen LogP contribution in [0, 0.1) is 6.92 Å². The molecule has 158 valence electrons. The van der Waals surface area contributed by atoms with Gasteiger partial charge in [-0.1, -0.05) is 23.7 Å². The van der Waals surface area contributed by atoms with Crippen LogP contribution in [0.2, 0.25) is 5.02 Å². The zero-order valence-electron chi connectivity index (χ0n) is 17.2. The van der Waals surface area contributed by atoms with Gasteiger partial charge in [0.25, 0.3) is 5.91 Å². The van der Waals surface area contributed by atoms with Gasteiger partial charge in [0, 0.05) is 43.7 Å². The van der Waals surface area contributed by atoms with Crippen molar-refractivity contribution in [3.63, 3.8) is 0 Å². The second-order valence-electron chi connectivity index (χ2n) is 8.60. The summed E-state index contributed by atoms with van der Waals surface area (Å²) < 4.78 is 5.55. The largest absolute Gasteiger partial charge is 0.368 e. The number of benzene rings is 1. The summed E-state index contributed by atoms with van der Waals surface area (Å²) in [5.74, 6) is 0.439. The quantitative estimate of drug-likeness (QED) is 0.814. The number of nitrogens with zero attached hydrogens (tertiary/aromatic N) is 2. The van der Waals surface area contributed by atoms with E-state index >= 15 is 0 Å². The maximum Gasteiger partial charge on any atom is 0.317 e. The fraction of sp³-hybridized carbons (Fsp3) is 0.636. The van der Waals surface area contributed by atoms with Gasteiger partial charge < -0.3 is 19.9 Å². The lowest BCUT2D eigenvalue weighted by Gasteiger charge is -2.38. The Bertz CT molecular complexity index is 781.